The first-order valence-electron chi connectivity index (χ1n) is 7.68. The van der Waals surface area contributed by atoms with Gasteiger partial charge in [-0.1, -0.05) is 23.9 Å². The van der Waals surface area contributed by atoms with Crippen LogP contribution >= 0.6 is 19.8 Å². The number of nitrogens with two attached hydrogens (primary N) is 1. The molecule has 2 aliphatic heterocycles. The molecule has 112 valence electrons. The van der Waals surface area contributed by atoms with Gasteiger partial charge in [-0.2, -0.15) is 0 Å². The summed E-state index contributed by atoms with van der Waals surface area (Å²) in [6.07, 6.45) is 11.8. The molecule has 3 N–H and O–H groups in total. The van der Waals surface area contributed by atoms with Crippen molar-refractivity contribution < 1.29 is 4.79 Å². The third-order valence-corrected chi connectivity index (χ3v) is 8.41. The van der Waals surface area contributed by atoms with E-state index < -0.39 is 8.07 Å². The van der Waals surface area contributed by atoms with E-state index in [9.17, 15) is 4.79 Å². The van der Waals surface area contributed by atoms with E-state index in [1.54, 1.807) is 11.8 Å². The van der Waals surface area contributed by atoms with Crippen molar-refractivity contribution in [1.82, 2.24) is 5.32 Å². The molecular formula is C15H20N3OPS. The van der Waals surface area contributed by atoms with Crippen LogP contribution in [0, 0.1) is 0 Å². The highest BCUT2D eigenvalue weighted by Crippen LogP contribution is 2.63. The monoisotopic (exact) mass is 321 g/mol. The van der Waals surface area contributed by atoms with Crippen molar-refractivity contribution >= 4 is 30.9 Å². The summed E-state index contributed by atoms with van der Waals surface area (Å²) in [6, 6.07) is 0.265. The lowest BCUT2D eigenvalue weighted by Gasteiger charge is -2.33. The van der Waals surface area contributed by atoms with Gasteiger partial charge in [-0.15, -0.1) is 0 Å². The molecule has 4 rings (SSSR count). The van der Waals surface area contributed by atoms with E-state index in [4.69, 9.17) is 10.5 Å². The van der Waals surface area contributed by atoms with Gasteiger partial charge < -0.3 is 11.1 Å². The fourth-order valence-corrected chi connectivity index (χ4v) is 6.80. The molecule has 1 saturated carbocycles. The summed E-state index contributed by atoms with van der Waals surface area (Å²) in [5, 5.41) is 5.33. The Bertz CT molecular complexity index is 575. The second kappa shape index (κ2) is 5.22. The van der Waals surface area contributed by atoms with Crippen molar-refractivity contribution in [2.24, 2.45) is 10.5 Å². The lowest BCUT2D eigenvalue weighted by Crippen LogP contribution is -2.42. The number of thioether (sulfide) groups is 1. The minimum atomic E-state index is -0.411. The van der Waals surface area contributed by atoms with E-state index in [2.05, 4.69) is 17.5 Å². The summed E-state index contributed by atoms with van der Waals surface area (Å²) in [5.41, 5.74) is 7.46. The summed E-state index contributed by atoms with van der Waals surface area (Å²) in [6.45, 7) is 0. The number of carbonyl (C=O) groups is 1. The Morgan fingerprint density at radius 2 is 2.10 bits per heavy atom. The fraction of sp³-hybridized carbons (Fsp3) is 0.600. The van der Waals surface area contributed by atoms with Gasteiger partial charge in [0.2, 0.25) is 5.91 Å². The van der Waals surface area contributed by atoms with Crippen molar-refractivity contribution in [2.45, 2.75) is 49.3 Å². The zero-order chi connectivity index (χ0) is 14.4. The number of amides is 1. The normalized spacial score (nSPS) is 40.4. The molecule has 1 atom stereocenters. The van der Waals surface area contributed by atoms with Crippen LogP contribution in [0.2, 0.25) is 0 Å². The lowest BCUT2D eigenvalue weighted by molar-refractivity contribution is -0.122. The molecule has 3 fully saturated rings. The average molecular weight is 321 g/mol. The smallest absolute Gasteiger partial charge is 0.242 e. The number of nitrogens with one attached hydrogen (secondary N) is 1. The molecule has 1 spiro atoms. The third-order valence-electron chi connectivity index (χ3n) is 4.80. The van der Waals surface area contributed by atoms with Crippen molar-refractivity contribution in [2.75, 3.05) is 6.16 Å². The number of amidine groups is 1. The fourth-order valence-electron chi connectivity index (χ4n) is 3.43. The highest BCUT2D eigenvalue weighted by Gasteiger charge is 2.48. The van der Waals surface area contributed by atoms with E-state index in [0.717, 1.165) is 43.4 Å². The maximum absolute atomic E-state index is 12.4. The molecule has 0 radical (unpaired) electrons. The maximum atomic E-state index is 12.4. The third kappa shape index (κ3) is 2.39. The van der Waals surface area contributed by atoms with Crippen LogP contribution in [-0.4, -0.2) is 28.0 Å². The van der Waals surface area contributed by atoms with Crippen LogP contribution < -0.4 is 11.1 Å². The minimum Gasteiger partial charge on any atom is -0.328 e. The Kier molecular flexibility index (Phi) is 3.48. The van der Waals surface area contributed by atoms with Crippen molar-refractivity contribution in [3.05, 3.63) is 23.0 Å². The molecular weight excluding hydrogens is 301 g/mol. The SMILES string of the molecule is NC1CCC2(CC1)S/C(=N/P1CC3=CCCC=C31)NC2=O. The second-order valence-corrected chi connectivity index (χ2v) is 9.42. The molecule has 4 nitrogen and oxygen atoms in total. The zero-order valence-corrected chi connectivity index (χ0v) is 13.7. The predicted octanol–water partition coefficient (Wildman–Crippen LogP) is 2.86. The van der Waals surface area contributed by atoms with Gasteiger partial charge in [0.05, 0.1) is 8.07 Å². The summed E-state index contributed by atoms with van der Waals surface area (Å²) < 4.78 is 4.57. The first kappa shape index (κ1) is 14.0. The maximum Gasteiger partial charge on any atom is 0.242 e. The molecule has 2 aliphatic carbocycles. The number of hydrogen-bond acceptors (Lipinski definition) is 4. The number of hydrogen-bond donors (Lipinski definition) is 2. The van der Waals surface area contributed by atoms with Crippen molar-refractivity contribution in [3.63, 3.8) is 0 Å². The van der Waals surface area contributed by atoms with Crippen molar-refractivity contribution in [3.8, 4) is 0 Å². The Morgan fingerprint density at radius 1 is 1.33 bits per heavy atom. The molecule has 2 heterocycles. The number of carbonyl (C=O) groups excluding carboxylic acids is 1. The minimum absolute atomic E-state index is 0.155. The van der Waals surface area contributed by atoms with Gasteiger partial charge in [0.1, 0.15) is 4.75 Å². The molecule has 0 bridgehead atoms. The number of allylic oxidation sites excluding steroid dienone is 4. The van der Waals surface area contributed by atoms with Crippen LogP contribution in [0.25, 0.3) is 0 Å². The van der Waals surface area contributed by atoms with Crippen LogP contribution in [0.1, 0.15) is 38.5 Å². The predicted molar refractivity (Wildman–Crippen MR) is 89.5 cm³/mol. The van der Waals surface area contributed by atoms with E-state index >= 15 is 0 Å². The number of rotatable bonds is 1. The van der Waals surface area contributed by atoms with Crippen LogP contribution in [0.3, 0.4) is 0 Å². The number of fused-ring (bicyclic) bond motifs is 1. The van der Waals surface area contributed by atoms with Crippen LogP contribution in [0.15, 0.2) is 27.8 Å². The van der Waals surface area contributed by atoms with E-state index in [1.807, 2.05) is 0 Å². The molecule has 21 heavy (non-hydrogen) atoms. The lowest BCUT2D eigenvalue weighted by atomic mass is 9.85. The van der Waals surface area contributed by atoms with Crippen LogP contribution in [-0.2, 0) is 4.79 Å². The standard InChI is InChI=1S/C15H20N3OPS/c16-11-5-7-15(8-6-11)13(19)17-14(21-15)18-20-9-10-3-1-2-4-12(10)20/h3-4,11H,1-2,5-9,16H2,(H,17,18,19). The molecule has 0 aromatic heterocycles. The van der Waals surface area contributed by atoms with E-state index in [1.165, 1.54) is 17.3 Å². The van der Waals surface area contributed by atoms with Gasteiger partial charge in [0, 0.05) is 12.2 Å². The second-order valence-electron chi connectivity index (χ2n) is 6.25. The molecule has 1 amide bonds. The Morgan fingerprint density at radius 3 is 2.86 bits per heavy atom. The van der Waals surface area contributed by atoms with Crippen molar-refractivity contribution in [1.29, 1.82) is 0 Å². The van der Waals surface area contributed by atoms with E-state index in [0.29, 0.717) is 0 Å². The summed E-state index contributed by atoms with van der Waals surface area (Å²) in [5.74, 6) is 0.155. The molecule has 0 aromatic carbocycles. The topological polar surface area (TPSA) is 67.5 Å². The van der Waals surface area contributed by atoms with Crippen LogP contribution in [0.5, 0.6) is 0 Å². The van der Waals surface area contributed by atoms with Gasteiger partial charge >= 0.3 is 0 Å². The van der Waals surface area contributed by atoms with Gasteiger partial charge in [0.25, 0.3) is 0 Å². The number of nitrogens with zero attached hydrogens (tertiary/aromatic N) is 1. The van der Waals surface area contributed by atoms with Gasteiger partial charge in [-0.25, -0.2) is 4.76 Å². The Balaban J connectivity index is 1.48. The molecule has 4 aliphatic rings. The first-order valence-corrected chi connectivity index (χ1v) is 9.98. The summed E-state index contributed by atoms with van der Waals surface area (Å²) in [4.78, 5) is 12.4. The largest absolute Gasteiger partial charge is 0.328 e. The molecule has 1 unspecified atom stereocenters. The summed E-state index contributed by atoms with van der Waals surface area (Å²) in [7, 11) is -0.411. The Hall–Kier alpha value is -0.640. The van der Waals surface area contributed by atoms with Crippen LogP contribution in [0.4, 0.5) is 0 Å². The molecule has 0 aromatic rings. The highest BCUT2D eigenvalue weighted by molar-refractivity contribution is 8.16. The first-order chi connectivity index (χ1) is 10.2. The van der Waals surface area contributed by atoms with E-state index in [-0.39, 0.29) is 16.7 Å². The summed E-state index contributed by atoms with van der Waals surface area (Å²) >= 11 is 1.66. The molecule has 6 heteroatoms. The van der Waals surface area contributed by atoms with Gasteiger partial charge in [0.15, 0.2) is 5.17 Å². The average Bonchev–Trinajstić information content (AvgIpc) is 2.76. The van der Waals surface area contributed by atoms with Gasteiger partial charge in [-0.3, -0.25) is 4.79 Å². The zero-order valence-electron chi connectivity index (χ0n) is 12.0. The Labute approximate surface area is 130 Å². The van der Waals surface area contributed by atoms with Gasteiger partial charge in [-0.05, 0) is 49.4 Å². The quantitative estimate of drug-likeness (QED) is 0.730. The molecule has 2 saturated heterocycles. The highest BCUT2D eigenvalue weighted by atomic mass is 32.2.